The zero-order chi connectivity index (χ0) is 6.69. The van der Waals surface area contributed by atoms with Crippen molar-refractivity contribution in [3.05, 3.63) is 24.3 Å². The number of carboxylic acid groups (broad SMARTS) is 1. The molecule has 0 aliphatic carbocycles. The third-order valence-corrected chi connectivity index (χ3v) is 0.782. The summed E-state index contributed by atoms with van der Waals surface area (Å²) >= 11 is 0. The Kier molecular flexibility index (Phi) is 6.83. The van der Waals surface area contributed by atoms with Gasteiger partial charge in [-0.25, -0.2) is 9.78 Å². The number of hydrogen-bond donors (Lipinski definition) is 1. The summed E-state index contributed by atoms with van der Waals surface area (Å²) in [5.41, 5.74) is -0.0301. The normalized spacial score (nSPS) is 7.27. The molecule has 1 aromatic rings. The molecule has 1 heterocycles. The largest absolute Gasteiger partial charge is 0.476 e. The van der Waals surface area contributed by atoms with Crippen LogP contribution in [0, 0.1) is 0 Å². The van der Waals surface area contributed by atoms with Gasteiger partial charge in [-0.2, -0.15) is 0 Å². The highest BCUT2D eigenvalue weighted by Gasteiger charge is 2.00. The minimum atomic E-state index is -1.05. The molecule has 0 radical (unpaired) electrons. The number of aromatic carboxylic acids is 1. The van der Waals surface area contributed by atoms with Crippen LogP contribution in [-0.4, -0.2) is 21.0 Å². The smallest absolute Gasteiger partial charge is 0.356 e. The summed E-state index contributed by atoms with van der Waals surface area (Å²) in [6.45, 7) is 0. The van der Waals surface area contributed by atoms with E-state index < -0.39 is 5.97 Å². The van der Waals surface area contributed by atoms with Gasteiger partial charge in [0.2, 0.25) is 0 Å². The molecule has 0 bridgehead atoms. The number of carbonyl (C=O) groups is 1. The molecule has 0 aliphatic heterocycles. The molecule has 11 heavy (non-hydrogen) atoms. The van der Waals surface area contributed by atoms with Crippen molar-refractivity contribution in [2.45, 2.75) is 0 Å². The number of aromatic nitrogens is 2. The van der Waals surface area contributed by atoms with Gasteiger partial charge < -0.3 is 5.11 Å². The van der Waals surface area contributed by atoms with Crippen LogP contribution in [0.2, 0.25) is 0 Å². The van der Waals surface area contributed by atoms with E-state index in [1.807, 2.05) is 0 Å². The number of carboxylic acids is 1. The van der Waals surface area contributed by atoms with Gasteiger partial charge in [-0.05, 0) is 0 Å². The second kappa shape index (κ2) is 5.88. The molecule has 62 valence electrons. The SMILES string of the molecule is Cl.Cl.O=C(O)c1cnccn1. The predicted molar refractivity (Wildman–Crippen MR) is 43.5 cm³/mol. The topological polar surface area (TPSA) is 63.1 Å². The first kappa shape index (κ1) is 12.8. The first-order valence-electron chi connectivity index (χ1n) is 2.30. The Balaban J connectivity index is 0. The third-order valence-electron chi connectivity index (χ3n) is 0.782. The minimum absolute atomic E-state index is 0. The molecule has 1 aromatic heterocycles. The lowest BCUT2D eigenvalue weighted by Gasteiger charge is -1.86. The Morgan fingerprint density at radius 3 is 2.27 bits per heavy atom. The van der Waals surface area contributed by atoms with Crippen LogP contribution in [-0.2, 0) is 0 Å². The van der Waals surface area contributed by atoms with Crippen LogP contribution in [0.4, 0.5) is 0 Å². The Labute approximate surface area is 75.5 Å². The molecule has 4 nitrogen and oxygen atoms in total. The Morgan fingerprint density at radius 2 is 2.00 bits per heavy atom. The average molecular weight is 197 g/mol. The van der Waals surface area contributed by atoms with Gasteiger partial charge in [0.25, 0.3) is 0 Å². The Morgan fingerprint density at radius 1 is 1.36 bits per heavy atom. The number of nitrogens with zero attached hydrogens (tertiary/aromatic N) is 2. The maximum Gasteiger partial charge on any atom is 0.356 e. The van der Waals surface area contributed by atoms with E-state index in [4.69, 9.17) is 5.11 Å². The van der Waals surface area contributed by atoms with Gasteiger partial charge in [0.1, 0.15) is 0 Å². The summed E-state index contributed by atoms with van der Waals surface area (Å²) < 4.78 is 0. The van der Waals surface area contributed by atoms with Crippen molar-refractivity contribution in [2.24, 2.45) is 0 Å². The number of hydrogen-bond acceptors (Lipinski definition) is 3. The van der Waals surface area contributed by atoms with Crippen molar-refractivity contribution >= 4 is 30.8 Å². The van der Waals surface area contributed by atoms with Crippen LogP contribution in [0.25, 0.3) is 0 Å². The van der Waals surface area contributed by atoms with Crippen LogP contribution in [0.5, 0.6) is 0 Å². The highest BCUT2D eigenvalue weighted by atomic mass is 35.5. The fourth-order valence-electron chi connectivity index (χ4n) is 0.410. The van der Waals surface area contributed by atoms with Crippen LogP contribution in [0.15, 0.2) is 18.6 Å². The van der Waals surface area contributed by atoms with Crippen LogP contribution < -0.4 is 0 Å². The first-order valence-corrected chi connectivity index (χ1v) is 2.30. The fourth-order valence-corrected chi connectivity index (χ4v) is 0.410. The zero-order valence-electron chi connectivity index (χ0n) is 5.30. The number of halogens is 2. The van der Waals surface area contributed by atoms with E-state index in [1.165, 1.54) is 18.6 Å². The molecule has 6 heteroatoms. The maximum atomic E-state index is 10.1. The molecule has 1 N–H and O–H groups in total. The molecule has 0 saturated carbocycles. The lowest BCUT2D eigenvalue weighted by Crippen LogP contribution is -1.99. The van der Waals surface area contributed by atoms with Gasteiger partial charge in [0.15, 0.2) is 5.69 Å². The lowest BCUT2D eigenvalue weighted by molar-refractivity contribution is 0.0690. The summed E-state index contributed by atoms with van der Waals surface area (Å²) in [4.78, 5) is 17.2. The molecule has 0 aliphatic rings. The van der Waals surface area contributed by atoms with Gasteiger partial charge >= 0.3 is 5.97 Å². The molecule has 1 rings (SSSR count). The summed E-state index contributed by atoms with van der Waals surface area (Å²) in [6, 6.07) is 0. The van der Waals surface area contributed by atoms with Crippen molar-refractivity contribution in [1.82, 2.24) is 9.97 Å². The monoisotopic (exact) mass is 196 g/mol. The second-order valence-corrected chi connectivity index (χ2v) is 1.40. The number of rotatable bonds is 1. The molecule has 0 fully saturated rings. The fraction of sp³-hybridized carbons (Fsp3) is 0. The average Bonchev–Trinajstić information content (AvgIpc) is 1.90. The van der Waals surface area contributed by atoms with Crippen LogP contribution in [0.1, 0.15) is 10.5 Å². The molecule has 0 unspecified atom stereocenters. The molecule has 0 saturated heterocycles. The molecule has 0 atom stereocenters. The Hall–Kier alpha value is -0.870. The van der Waals surface area contributed by atoms with Gasteiger partial charge in [-0.15, -0.1) is 24.8 Å². The van der Waals surface area contributed by atoms with Crippen molar-refractivity contribution in [2.75, 3.05) is 0 Å². The van der Waals surface area contributed by atoms with Gasteiger partial charge in [-0.3, -0.25) is 4.98 Å². The van der Waals surface area contributed by atoms with E-state index in [2.05, 4.69) is 9.97 Å². The first-order chi connectivity index (χ1) is 4.30. The van der Waals surface area contributed by atoms with Crippen molar-refractivity contribution in [3.63, 3.8) is 0 Å². The summed E-state index contributed by atoms with van der Waals surface area (Å²) in [6.07, 6.45) is 3.96. The van der Waals surface area contributed by atoms with E-state index in [-0.39, 0.29) is 30.5 Å². The third kappa shape index (κ3) is 3.75. The molecule has 0 spiro atoms. The van der Waals surface area contributed by atoms with E-state index >= 15 is 0 Å². The van der Waals surface area contributed by atoms with Crippen molar-refractivity contribution in [3.8, 4) is 0 Å². The molecule has 0 amide bonds. The summed E-state index contributed by atoms with van der Waals surface area (Å²) in [5, 5.41) is 8.28. The van der Waals surface area contributed by atoms with Crippen molar-refractivity contribution < 1.29 is 9.90 Å². The maximum absolute atomic E-state index is 10.1. The summed E-state index contributed by atoms with van der Waals surface area (Å²) in [7, 11) is 0. The van der Waals surface area contributed by atoms with Crippen LogP contribution in [0.3, 0.4) is 0 Å². The highest BCUT2D eigenvalue weighted by Crippen LogP contribution is 1.86. The standard InChI is InChI=1S/C5H4N2O2.2ClH/c8-5(9)4-3-6-1-2-7-4;;/h1-3H,(H,8,9);2*1H. The minimum Gasteiger partial charge on any atom is -0.476 e. The molecular formula is C5H6Cl2N2O2. The van der Waals surface area contributed by atoms with Gasteiger partial charge in [0.05, 0.1) is 6.20 Å². The highest BCUT2D eigenvalue weighted by molar-refractivity contribution is 5.85. The van der Waals surface area contributed by atoms with E-state index in [1.54, 1.807) is 0 Å². The van der Waals surface area contributed by atoms with Crippen molar-refractivity contribution in [1.29, 1.82) is 0 Å². The van der Waals surface area contributed by atoms with E-state index in [0.717, 1.165) is 0 Å². The van der Waals surface area contributed by atoms with Gasteiger partial charge in [0, 0.05) is 12.4 Å². The quantitative estimate of drug-likeness (QED) is 0.729. The predicted octanol–water partition coefficient (Wildman–Crippen LogP) is 1.02. The summed E-state index contributed by atoms with van der Waals surface area (Å²) in [5.74, 6) is -1.05. The second-order valence-electron chi connectivity index (χ2n) is 1.40. The zero-order valence-corrected chi connectivity index (χ0v) is 6.93. The molecular weight excluding hydrogens is 191 g/mol. The lowest BCUT2D eigenvalue weighted by atomic mass is 10.5. The molecule has 0 aromatic carbocycles. The van der Waals surface area contributed by atoms with Crippen LogP contribution >= 0.6 is 24.8 Å². The van der Waals surface area contributed by atoms with Gasteiger partial charge in [-0.1, -0.05) is 0 Å². The van der Waals surface area contributed by atoms with E-state index in [0.29, 0.717) is 0 Å². The van der Waals surface area contributed by atoms with E-state index in [9.17, 15) is 4.79 Å². The Bertz CT molecular complexity index is 217.